The van der Waals surface area contributed by atoms with Gasteiger partial charge in [-0.1, -0.05) is 24.9 Å². The lowest BCUT2D eigenvalue weighted by molar-refractivity contribution is 0.209. The Balaban J connectivity index is 2.03. The van der Waals surface area contributed by atoms with E-state index in [1.54, 1.807) is 11.3 Å². The molecular weight excluding hydrogens is 264 g/mol. The molecule has 0 aliphatic carbocycles. The normalized spacial score (nSPS) is 23.8. The predicted octanol–water partition coefficient (Wildman–Crippen LogP) is 3.91. The first-order chi connectivity index (χ1) is 8.74. The van der Waals surface area contributed by atoms with Crippen LogP contribution in [0.2, 0.25) is 5.02 Å². The number of rotatable bonds is 4. The van der Waals surface area contributed by atoms with Gasteiger partial charge < -0.3 is 5.73 Å². The zero-order valence-electron chi connectivity index (χ0n) is 11.1. The summed E-state index contributed by atoms with van der Waals surface area (Å²) in [5.41, 5.74) is 5.98. The fourth-order valence-electron chi connectivity index (χ4n) is 2.86. The number of likely N-dealkylation sites (tertiary alicyclic amines) is 1. The molecule has 2 N–H and O–H groups in total. The predicted molar refractivity (Wildman–Crippen MR) is 80.3 cm³/mol. The van der Waals surface area contributed by atoms with Gasteiger partial charge in [0.1, 0.15) is 0 Å². The van der Waals surface area contributed by atoms with Gasteiger partial charge in [0.25, 0.3) is 0 Å². The molecule has 102 valence electrons. The van der Waals surface area contributed by atoms with E-state index in [1.807, 2.05) is 5.38 Å². The minimum absolute atomic E-state index is 0.359. The molecule has 1 aromatic rings. The van der Waals surface area contributed by atoms with Crippen LogP contribution in [0.1, 0.15) is 43.5 Å². The summed E-state index contributed by atoms with van der Waals surface area (Å²) in [4.78, 5) is 3.87. The van der Waals surface area contributed by atoms with Crippen LogP contribution in [0.15, 0.2) is 11.4 Å². The van der Waals surface area contributed by atoms with Crippen LogP contribution >= 0.6 is 22.9 Å². The Morgan fingerprint density at radius 1 is 1.50 bits per heavy atom. The summed E-state index contributed by atoms with van der Waals surface area (Å²) in [6.07, 6.45) is 5.29. The Kier molecular flexibility index (Phi) is 5.49. The highest BCUT2D eigenvalue weighted by Crippen LogP contribution is 2.31. The number of hydrogen-bond donors (Lipinski definition) is 1. The number of nitrogens with zero attached hydrogens (tertiary/aromatic N) is 1. The molecule has 1 aliphatic rings. The van der Waals surface area contributed by atoms with E-state index in [2.05, 4.69) is 17.9 Å². The average molecular weight is 287 g/mol. The SMILES string of the molecule is CCC1CCCN(C(CN)c2cc(Cl)cs2)CC1. The van der Waals surface area contributed by atoms with Gasteiger partial charge in [-0.3, -0.25) is 4.90 Å². The standard InChI is InChI=1S/C14H23ClN2S/c1-2-11-4-3-6-17(7-5-11)13(9-16)14-8-12(15)10-18-14/h8,10-11,13H,2-7,9,16H2,1H3. The fourth-order valence-corrected chi connectivity index (χ4v) is 4.09. The Labute approximate surface area is 119 Å². The molecule has 0 saturated carbocycles. The summed E-state index contributed by atoms with van der Waals surface area (Å²) in [7, 11) is 0. The molecule has 0 bridgehead atoms. The Bertz CT molecular complexity index is 366. The van der Waals surface area contributed by atoms with Crippen molar-refractivity contribution in [3.63, 3.8) is 0 Å². The lowest BCUT2D eigenvalue weighted by atomic mass is 9.98. The molecule has 2 nitrogen and oxygen atoms in total. The van der Waals surface area contributed by atoms with Crippen LogP contribution < -0.4 is 5.73 Å². The van der Waals surface area contributed by atoms with Crippen LogP contribution in [0, 0.1) is 5.92 Å². The fraction of sp³-hybridized carbons (Fsp3) is 0.714. The largest absolute Gasteiger partial charge is 0.329 e. The van der Waals surface area contributed by atoms with Crippen molar-refractivity contribution in [3.05, 3.63) is 21.3 Å². The summed E-state index contributed by atoms with van der Waals surface area (Å²) in [6, 6.07) is 2.43. The van der Waals surface area contributed by atoms with Crippen molar-refractivity contribution in [2.24, 2.45) is 11.7 Å². The summed E-state index contributed by atoms with van der Waals surface area (Å²) in [5.74, 6) is 0.903. The zero-order chi connectivity index (χ0) is 13.0. The molecule has 18 heavy (non-hydrogen) atoms. The highest BCUT2D eigenvalue weighted by molar-refractivity contribution is 7.10. The maximum atomic E-state index is 6.03. The maximum Gasteiger partial charge on any atom is 0.0564 e. The van der Waals surface area contributed by atoms with E-state index in [1.165, 1.54) is 43.6 Å². The van der Waals surface area contributed by atoms with Crippen molar-refractivity contribution < 1.29 is 0 Å². The van der Waals surface area contributed by atoms with Crippen molar-refractivity contribution in [2.75, 3.05) is 19.6 Å². The van der Waals surface area contributed by atoms with E-state index in [-0.39, 0.29) is 0 Å². The van der Waals surface area contributed by atoms with Crippen LogP contribution in [0.5, 0.6) is 0 Å². The third-order valence-electron chi connectivity index (χ3n) is 4.04. The number of hydrogen-bond acceptors (Lipinski definition) is 3. The minimum Gasteiger partial charge on any atom is -0.329 e. The summed E-state index contributed by atoms with van der Waals surface area (Å²) < 4.78 is 0. The van der Waals surface area contributed by atoms with Crippen molar-refractivity contribution in [2.45, 2.75) is 38.6 Å². The number of nitrogens with two attached hydrogens (primary N) is 1. The summed E-state index contributed by atoms with van der Waals surface area (Å²) in [6.45, 7) is 5.34. The van der Waals surface area contributed by atoms with Gasteiger partial charge in [0.05, 0.1) is 11.1 Å². The average Bonchev–Trinajstić information content (AvgIpc) is 2.66. The van der Waals surface area contributed by atoms with Gasteiger partial charge in [0.15, 0.2) is 0 Å². The highest BCUT2D eigenvalue weighted by Gasteiger charge is 2.23. The molecular formula is C14H23ClN2S. The summed E-state index contributed by atoms with van der Waals surface area (Å²) in [5, 5.41) is 2.85. The zero-order valence-corrected chi connectivity index (χ0v) is 12.6. The van der Waals surface area contributed by atoms with Gasteiger partial charge in [-0.05, 0) is 44.3 Å². The third-order valence-corrected chi connectivity index (χ3v) is 5.42. The molecule has 1 fully saturated rings. The lowest BCUT2D eigenvalue weighted by Crippen LogP contribution is -2.34. The first kappa shape index (κ1) is 14.3. The Hall–Kier alpha value is -0.0900. The first-order valence-corrected chi connectivity index (χ1v) is 8.18. The molecule has 2 unspecified atom stereocenters. The van der Waals surface area contributed by atoms with E-state index >= 15 is 0 Å². The van der Waals surface area contributed by atoms with Gasteiger partial charge in [-0.15, -0.1) is 11.3 Å². The Morgan fingerprint density at radius 2 is 2.33 bits per heavy atom. The van der Waals surface area contributed by atoms with Gasteiger partial charge in [-0.25, -0.2) is 0 Å². The van der Waals surface area contributed by atoms with Crippen molar-refractivity contribution in [3.8, 4) is 0 Å². The van der Waals surface area contributed by atoms with E-state index < -0.39 is 0 Å². The highest BCUT2D eigenvalue weighted by atomic mass is 35.5. The number of thiophene rings is 1. The van der Waals surface area contributed by atoms with Crippen molar-refractivity contribution in [1.29, 1.82) is 0 Å². The molecule has 0 radical (unpaired) electrons. The van der Waals surface area contributed by atoms with Crippen LogP contribution in [0.3, 0.4) is 0 Å². The molecule has 4 heteroatoms. The molecule has 0 spiro atoms. The van der Waals surface area contributed by atoms with Crippen molar-refractivity contribution >= 4 is 22.9 Å². The number of halogens is 1. The Morgan fingerprint density at radius 3 is 2.94 bits per heavy atom. The monoisotopic (exact) mass is 286 g/mol. The van der Waals surface area contributed by atoms with Gasteiger partial charge in [0, 0.05) is 16.8 Å². The smallest absolute Gasteiger partial charge is 0.0564 e. The van der Waals surface area contributed by atoms with Crippen LogP contribution in [-0.2, 0) is 0 Å². The molecule has 1 saturated heterocycles. The van der Waals surface area contributed by atoms with E-state index in [0.717, 1.165) is 10.9 Å². The second kappa shape index (κ2) is 6.90. The minimum atomic E-state index is 0.359. The molecule has 2 rings (SSSR count). The van der Waals surface area contributed by atoms with Crippen LogP contribution in [-0.4, -0.2) is 24.5 Å². The third kappa shape index (κ3) is 3.47. The molecule has 1 aromatic heterocycles. The van der Waals surface area contributed by atoms with E-state index in [9.17, 15) is 0 Å². The van der Waals surface area contributed by atoms with Gasteiger partial charge in [0.2, 0.25) is 0 Å². The molecule has 0 amide bonds. The summed E-state index contributed by atoms with van der Waals surface area (Å²) >= 11 is 7.76. The van der Waals surface area contributed by atoms with Crippen molar-refractivity contribution in [1.82, 2.24) is 4.90 Å². The topological polar surface area (TPSA) is 29.3 Å². The molecule has 0 aromatic carbocycles. The molecule has 1 aliphatic heterocycles. The van der Waals surface area contributed by atoms with E-state index in [0.29, 0.717) is 12.6 Å². The van der Waals surface area contributed by atoms with Crippen LogP contribution in [0.25, 0.3) is 0 Å². The molecule has 2 heterocycles. The van der Waals surface area contributed by atoms with E-state index in [4.69, 9.17) is 17.3 Å². The first-order valence-electron chi connectivity index (χ1n) is 6.92. The van der Waals surface area contributed by atoms with Crippen LogP contribution in [0.4, 0.5) is 0 Å². The second-order valence-corrected chi connectivity index (χ2v) is 6.54. The van der Waals surface area contributed by atoms with Gasteiger partial charge >= 0.3 is 0 Å². The van der Waals surface area contributed by atoms with Gasteiger partial charge in [-0.2, -0.15) is 0 Å². The maximum absolute atomic E-state index is 6.03. The molecule has 2 atom stereocenters. The second-order valence-electron chi connectivity index (χ2n) is 5.16. The quantitative estimate of drug-likeness (QED) is 0.909. The lowest BCUT2D eigenvalue weighted by Gasteiger charge is -2.29.